The van der Waals surface area contributed by atoms with Gasteiger partial charge in [0.25, 0.3) is 5.91 Å². The molecule has 1 amide bonds. The lowest BCUT2D eigenvalue weighted by atomic mass is 9.75. The molecule has 0 unspecified atom stereocenters. The van der Waals surface area contributed by atoms with Gasteiger partial charge in [-0.1, -0.05) is 25.6 Å². The molecule has 0 bridgehead atoms. The highest BCUT2D eigenvalue weighted by Gasteiger charge is 2.65. The van der Waals surface area contributed by atoms with E-state index in [2.05, 4.69) is 17.0 Å². The normalized spacial score (nSPS) is 25.5. The van der Waals surface area contributed by atoms with Gasteiger partial charge >= 0.3 is 12.7 Å². The summed E-state index contributed by atoms with van der Waals surface area (Å²) in [6.07, 6.45) is -4.97. The summed E-state index contributed by atoms with van der Waals surface area (Å²) in [5.41, 5.74) is -3.49. The first-order valence-electron chi connectivity index (χ1n) is 9.72. The van der Waals surface area contributed by atoms with Crippen LogP contribution in [0.15, 0.2) is 24.9 Å². The lowest BCUT2D eigenvalue weighted by molar-refractivity contribution is -0.272. The van der Waals surface area contributed by atoms with E-state index in [0.717, 1.165) is 31.3 Å². The van der Waals surface area contributed by atoms with Crippen molar-refractivity contribution in [2.45, 2.75) is 51.1 Å². The Kier molecular flexibility index (Phi) is 6.35. The van der Waals surface area contributed by atoms with Gasteiger partial charge in [-0.25, -0.2) is 13.5 Å². The summed E-state index contributed by atoms with van der Waals surface area (Å²) in [6.45, 7) is 3.64. The number of halogens is 7. The fourth-order valence-corrected chi connectivity index (χ4v) is 4.01. The molecule has 1 aliphatic heterocycles. The van der Waals surface area contributed by atoms with E-state index in [9.17, 15) is 35.5 Å². The number of aromatic nitrogens is 2. The predicted molar refractivity (Wildman–Crippen MR) is 105 cm³/mol. The minimum atomic E-state index is -4.91. The maximum atomic E-state index is 14.4. The number of alkyl halides is 5. The van der Waals surface area contributed by atoms with E-state index in [1.54, 1.807) is 0 Å². The van der Waals surface area contributed by atoms with Crippen molar-refractivity contribution < 1.29 is 40.3 Å². The molecule has 0 spiro atoms. The molecule has 1 aromatic carbocycles. The lowest BCUT2D eigenvalue weighted by Gasteiger charge is -2.32. The van der Waals surface area contributed by atoms with Crippen molar-refractivity contribution in [3.63, 3.8) is 0 Å². The van der Waals surface area contributed by atoms with Gasteiger partial charge in [0.05, 0.1) is 17.6 Å². The zero-order valence-corrected chi connectivity index (χ0v) is 17.7. The van der Waals surface area contributed by atoms with E-state index in [1.807, 2.05) is 0 Å². The number of hydrogen-bond acceptors (Lipinski definition) is 3. The number of carbonyl (C=O) groups is 1. The Hall–Kier alpha value is -2.89. The molecule has 180 valence electrons. The number of rotatable bonds is 5. The van der Waals surface area contributed by atoms with E-state index in [4.69, 9.17) is 4.74 Å². The Morgan fingerprint density at radius 3 is 2.48 bits per heavy atom. The molecule has 1 N–H and O–H groups in total. The number of aryl methyl sites for hydroxylation is 1. The van der Waals surface area contributed by atoms with Gasteiger partial charge in [0.1, 0.15) is 6.10 Å². The molecule has 1 fully saturated rings. The second-order valence-electron chi connectivity index (χ2n) is 7.90. The largest absolute Gasteiger partial charge is 0.417 e. The Balaban J connectivity index is 2.09. The number of hydrogen-bond donors (Lipinski definition) is 1. The predicted octanol–water partition coefficient (Wildman–Crippen LogP) is 5.59. The van der Waals surface area contributed by atoms with Gasteiger partial charge in [0.15, 0.2) is 17.2 Å². The molecule has 2 aromatic rings. The number of nitrogens with zero attached hydrogens (tertiary/aromatic N) is 2. The van der Waals surface area contributed by atoms with Crippen LogP contribution in [0, 0.1) is 24.5 Å². The zero-order valence-electron chi connectivity index (χ0n) is 17.7. The van der Waals surface area contributed by atoms with Gasteiger partial charge in [-0.15, -0.1) is 0 Å². The van der Waals surface area contributed by atoms with Crippen LogP contribution in [0.25, 0.3) is 6.08 Å². The maximum Gasteiger partial charge on any atom is 0.417 e. The second-order valence-corrected chi connectivity index (χ2v) is 7.90. The Bertz CT molecular complexity index is 1080. The minimum absolute atomic E-state index is 0.00978. The van der Waals surface area contributed by atoms with E-state index in [1.165, 1.54) is 13.8 Å². The number of nitrogens with one attached hydrogen (secondary N) is 1. The van der Waals surface area contributed by atoms with E-state index in [0.29, 0.717) is 0 Å². The molecular formula is C21H20F7N3O2. The fourth-order valence-electron chi connectivity index (χ4n) is 4.01. The van der Waals surface area contributed by atoms with Crippen LogP contribution in [0.5, 0.6) is 0 Å². The topological polar surface area (TPSA) is 56.2 Å². The van der Waals surface area contributed by atoms with Crippen LogP contribution in [0.2, 0.25) is 0 Å². The maximum absolute atomic E-state index is 14.4. The third kappa shape index (κ3) is 4.11. The first-order valence-corrected chi connectivity index (χ1v) is 9.72. The lowest BCUT2D eigenvalue weighted by Crippen LogP contribution is -2.47. The molecule has 1 aromatic heterocycles. The van der Waals surface area contributed by atoms with E-state index < -0.39 is 59.4 Å². The van der Waals surface area contributed by atoms with Gasteiger partial charge in [0.2, 0.25) is 0 Å². The van der Waals surface area contributed by atoms with Gasteiger partial charge < -0.3 is 10.1 Å². The first kappa shape index (κ1) is 24.7. The van der Waals surface area contributed by atoms with Crippen molar-refractivity contribution in [1.82, 2.24) is 9.78 Å². The molecule has 0 saturated carbocycles. The number of ether oxygens (including phenoxy) is 1. The molecule has 12 heteroatoms. The van der Waals surface area contributed by atoms with Crippen molar-refractivity contribution in [3.8, 4) is 0 Å². The molecule has 33 heavy (non-hydrogen) atoms. The third-order valence-electron chi connectivity index (χ3n) is 6.03. The Morgan fingerprint density at radius 2 is 1.97 bits per heavy atom. The molecule has 4 atom stereocenters. The molecular weight excluding hydrogens is 459 g/mol. The first-order chi connectivity index (χ1) is 15.2. The molecule has 1 aliphatic rings. The summed E-state index contributed by atoms with van der Waals surface area (Å²) >= 11 is 0. The molecule has 0 radical (unpaired) electrons. The highest BCUT2D eigenvalue weighted by molar-refractivity contribution is 5.95. The fraction of sp³-hybridized carbons (Fsp3) is 0.429. The summed E-state index contributed by atoms with van der Waals surface area (Å²) in [5, 5.41) is 5.78. The number of carbonyl (C=O) groups excluding carboxylic acids is 1. The van der Waals surface area contributed by atoms with Crippen LogP contribution in [0.3, 0.4) is 0 Å². The average molecular weight is 479 g/mol. The Labute approximate surface area is 184 Å². The number of benzene rings is 1. The van der Waals surface area contributed by atoms with E-state index >= 15 is 0 Å². The smallest absolute Gasteiger partial charge is 0.352 e. The van der Waals surface area contributed by atoms with Crippen molar-refractivity contribution in [1.29, 1.82) is 0 Å². The van der Waals surface area contributed by atoms with Crippen molar-refractivity contribution >= 4 is 17.7 Å². The van der Waals surface area contributed by atoms with Gasteiger partial charge in [-0.3, -0.25) is 4.79 Å². The molecule has 1 saturated heterocycles. The van der Waals surface area contributed by atoms with Crippen molar-refractivity contribution in [2.24, 2.45) is 5.92 Å². The monoisotopic (exact) mass is 479 g/mol. The van der Waals surface area contributed by atoms with Crippen LogP contribution >= 0.6 is 0 Å². The quantitative estimate of drug-likeness (QED) is 0.570. The molecule has 5 nitrogen and oxygen atoms in total. The van der Waals surface area contributed by atoms with Crippen LogP contribution in [0.4, 0.5) is 36.4 Å². The number of anilines is 1. The van der Waals surface area contributed by atoms with Crippen molar-refractivity contribution in [2.75, 3.05) is 5.32 Å². The molecule has 3 rings (SSSR count). The van der Waals surface area contributed by atoms with Gasteiger partial charge in [-0.05, 0) is 25.5 Å². The zero-order chi connectivity index (χ0) is 24.9. The Morgan fingerprint density at radius 1 is 1.33 bits per heavy atom. The van der Waals surface area contributed by atoms with Crippen LogP contribution in [-0.2, 0) is 9.53 Å². The average Bonchev–Trinajstić information content (AvgIpc) is 3.22. The summed E-state index contributed by atoms with van der Waals surface area (Å²) in [5.74, 6) is -6.44. The van der Waals surface area contributed by atoms with Gasteiger partial charge in [-0.2, -0.15) is 27.1 Å². The summed E-state index contributed by atoms with van der Waals surface area (Å²) in [7, 11) is 0. The summed E-state index contributed by atoms with van der Waals surface area (Å²) in [6, 6.07) is 1.81. The molecule has 2 heterocycles. The van der Waals surface area contributed by atoms with Crippen molar-refractivity contribution in [3.05, 3.63) is 53.4 Å². The van der Waals surface area contributed by atoms with Crippen LogP contribution < -0.4 is 5.32 Å². The SMILES string of the molecule is C=Cc1c([C@H]2[C@H](C(=O)Nc3cn(C(F)F)nc3C)O[C@@](C)(C(F)(F)F)[C@H]2C)ccc(F)c1F. The summed E-state index contributed by atoms with van der Waals surface area (Å²) < 4.78 is 101. The van der Waals surface area contributed by atoms with Gasteiger partial charge in [0, 0.05) is 17.4 Å². The van der Waals surface area contributed by atoms with E-state index in [-0.39, 0.29) is 21.6 Å². The highest BCUT2D eigenvalue weighted by Crippen LogP contribution is 2.54. The highest BCUT2D eigenvalue weighted by atomic mass is 19.4. The third-order valence-corrected chi connectivity index (χ3v) is 6.03. The van der Waals surface area contributed by atoms with Crippen LogP contribution in [-0.4, -0.2) is 33.6 Å². The second kappa shape index (κ2) is 8.47. The number of amides is 1. The standard InChI is InChI=1S/C21H20F7N3O2/c1-5-11-12(6-7-13(22)16(11)23)15-9(2)20(4,21(26,27)28)33-17(15)18(32)29-14-8-31(19(24)25)30-10(14)3/h5-9,15,17,19H,1H2,2-4H3,(H,29,32)/t9-,15-,17+,20+/m0/s1. The van der Waals surface area contributed by atoms with Crippen LogP contribution in [0.1, 0.15) is 43.1 Å². The summed E-state index contributed by atoms with van der Waals surface area (Å²) in [4.78, 5) is 13.0. The molecule has 0 aliphatic carbocycles. The minimum Gasteiger partial charge on any atom is -0.352 e.